The standard InChI is InChI=1S/C26H21N2O2/c1-2-30-26(29)28(23-11-7-4-8-12-23)25-19-27-18-17-24(25)22-15-13-21(14-16-22)20-9-5-3-6-10-20/h4-19H,2H2,1H3. The molecule has 0 spiro atoms. The van der Waals surface area contributed by atoms with Crippen molar-refractivity contribution in [3.05, 3.63) is 103 Å². The highest BCUT2D eigenvalue weighted by Gasteiger charge is 2.22. The predicted octanol–water partition coefficient (Wildman–Crippen LogP) is 6.51. The first-order valence-electron chi connectivity index (χ1n) is 9.81. The minimum Gasteiger partial charge on any atom is -0.449 e. The molecule has 0 aliphatic heterocycles. The van der Waals surface area contributed by atoms with E-state index in [0.717, 1.165) is 27.9 Å². The monoisotopic (exact) mass is 393 g/mol. The molecule has 3 aromatic carbocycles. The fourth-order valence-electron chi connectivity index (χ4n) is 3.34. The first kappa shape index (κ1) is 19.4. The summed E-state index contributed by atoms with van der Waals surface area (Å²) in [6.45, 7) is 2.09. The maximum absolute atomic E-state index is 12.8. The van der Waals surface area contributed by atoms with Crippen molar-refractivity contribution in [2.45, 2.75) is 6.92 Å². The van der Waals surface area contributed by atoms with Crippen LogP contribution in [0.25, 0.3) is 22.3 Å². The molecular weight excluding hydrogens is 372 g/mol. The fraction of sp³-hybridized carbons (Fsp3) is 0.0769. The average molecular weight is 393 g/mol. The average Bonchev–Trinajstić information content (AvgIpc) is 2.81. The second-order valence-corrected chi connectivity index (χ2v) is 6.63. The Bertz CT molecular complexity index is 1110. The van der Waals surface area contributed by atoms with Crippen molar-refractivity contribution in [3.8, 4) is 22.3 Å². The van der Waals surface area contributed by atoms with Crippen molar-refractivity contribution in [1.29, 1.82) is 0 Å². The molecule has 1 amide bonds. The molecule has 4 heteroatoms. The zero-order valence-electron chi connectivity index (χ0n) is 16.7. The molecule has 0 saturated carbocycles. The topological polar surface area (TPSA) is 42.4 Å². The van der Waals surface area contributed by atoms with Gasteiger partial charge in [0.1, 0.15) is 0 Å². The van der Waals surface area contributed by atoms with Gasteiger partial charge in [-0.25, -0.2) is 9.69 Å². The van der Waals surface area contributed by atoms with Gasteiger partial charge < -0.3 is 4.74 Å². The van der Waals surface area contributed by atoms with Crippen LogP contribution in [0, 0.1) is 6.07 Å². The van der Waals surface area contributed by atoms with Gasteiger partial charge in [0.2, 0.25) is 0 Å². The summed E-state index contributed by atoms with van der Waals surface area (Å²) in [6, 6.07) is 30.5. The molecule has 30 heavy (non-hydrogen) atoms. The second kappa shape index (κ2) is 9.05. The summed E-state index contributed by atoms with van der Waals surface area (Å²) in [6.07, 6.45) is 2.99. The number of carbonyl (C=O) groups excluding carboxylic acids is 1. The van der Waals surface area contributed by atoms with Gasteiger partial charge in [-0.05, 0) is 47.9 Å². The van der Waals surface area contributed by atoms with Crippen LogP contribution in [0.15, 0.2) is 97.3 Å². The van der Waals surface area contributed by atoms with Gasteiger partial charge in [-0.15, -0.1) is 0 Å². The van der Waals surface area contributed by atoms with Crippen molar-refractivity contribution < 1.29 is 9.53 Å². The molecule has 0 atom stereocenters. The van der Waals surface area contributed by atoms with Gasteiger partial charge in [-0.2, -0.15) is 0 Å². The number of aromatic nitrogens is 1. The van der Waals surface area contributed by atoms with Crippen LogP contribution in [0.4, 0.5) is 16.2 Å². The maximum Gasteiger partial charge on any atom is 0.419 e. The molecule has 4 rings (SSSR count). The Kier molecular flexibility index (Phi) is 5.85. The molecule has 0 aliphatic rings. The third kappa shape index (κ3) is 4.08. The van der Waals surface area contributed by atoms with Gasteiger partial charge in [0.05, 0.1) is 24.2 Å². The Morgan fingerprint density at radius 3 is 2.27 bits per heavy atom. The summed E-state index contributed by atoms with van der Waals surface area (Å²) in [5.41, 5.74) is 5.53. The van der Waals surface area contributed by atoms with E-state index >= 15 is 0 Å². The number of nitrogens with zero attached hydrogens (tertiary/aromatic N) is 2. The lowest BCUT2D eigenvalue weighted by Crippen LogP contribution is -2.27. The van der Waals surface area contributed by atoms with E-state index < -0.39 is 6.09 Å². The van der Waals surface area contributed by atoms with Gasteiger partial charge in [0.15, 0.2) is 0 Å². The van der Waals surface area contributed by atoms with E-state index in [4.69, 9.17) is 4.74 Å². The Balaban J connectivity index is 1.77. The van der Waals surface area contributed by atoms with Crippen molar-refractivity contribution in [3.63, 3.8) is 0 Å². The number of pyridine rings is 1. The summed E-state index contributed by atoms with van der Waals surface area (Å²) in [4.78, 5) is 18.7. The lowest BCUT2D eigenvalue weighted by Gasteiger charge is -2.24. The van der Waals surface area contributed by atoms with Crippen LogP contribution in [0.3, 0.4) is 0 Å². The molecule has 147 valence electrons. The third-order valence-electron chi connectivity index (χ3n) is 4.75. The van der Waals surface area contributed by atoms with E-state index in [-0.39, 0.29) is 0 Å². The number of anilines is 2. The van der Waals surface area contributed by atoms with Gasteiger partial charge in [-0.1, -0.05) is 66.7 Å². The number of hydrogen-bond acceptors (Lipinski definition) is 3. The number of para-hydroxylation sites is 1. The summed E-state index contributed by atoms with van der Waals surface area (Å²) in [7, 11) is 0. The molecule has 4 nitrogen and oxygen atoms in total. The van der Waals surface area contributed by atoms with E-state index in [9.17, 15) is 4.79 Å². The summed E-state index contributed by atoms with van der Waals surface area (Å²) in [5.74, 6) is 0. The quantitative estimate of drug-likeness (QED) is 0.388. The summed E-state index contributed by atoms with van der Waals surface area (Å²) < 4.78 is 5.34. The van der Waals surface area contributed by atoms with Crippen molar-refractivity contribution >= 4 is 17.5 Å². The van der Waals surface area contributed by atoms with Gasteiger partial charge in [0, 0.05) is 11.8 Å². The van der Waals surface area contributed by atoms with Gasteiger partial charge in [0.25, 0.3) is 0 Å². The van der Waals surface area contributed by atoms with Gasteiger partial charge >= 0.3 is 6.09 Å². The molecule has 0 unspecified atom stereocenters. The minimum absolute atomic E-state index is 0.293. The van der Waals surface area contributed by atoms with E-state index in [0.29, 0.717) is 12.3 Å². The molecule has 4 aromatic rings. The molecular formula is C26H21N2O2. The van der Waals surface area contributed by atoms with Crippen molar-refractivity contribution in [2.75, 3.05) is 11.5 Å². The molecule has 0 N–H and O–H groups in total. The van der Waals surface area contributed by atoms with E-state index in [1.54, 1.807) is 24.2 Å². The van der Waals surface area contributed by atoms with Gasteiger partial charge in [-0.3, -0.25) is 4.98 Å². The maximum atomic E-state index is 12.8. The van der Waals surface area contributed by atoms with E-state index in [2.05, 4.69) is 35.3 Å². The Labute approximate surface area is 176 Å². The fourth-order valence-corrected chi connectivity index (χ4v) is 3.34. The van der Waals surface area contributed by atoms with Crippen LogP contribution in [0.2, 0.25) is 0 Å². The lowest BCUT2D eigenvalue weighted by atomic mass is 9.99. The first-order chi connectivity index (χ1) is 14.8. The molecule has 1 aromatic heterocycles. The Morgan fingerprint density at radius 1 is 0.900 bits per heavy atom. The van der Waals surface area contributed by atoms with Crippen LogP contribution in [-0.4, -0.2) is 17.7 Å². The second-order valence-electron chi connectivity index (χ2n) is 6.63. The zero-order chi connectivity index (χ0) is 20.8. The highest BCUT2D eigenvalue weighted by Crippen LogP contribution is 2.35. The van der Waals surface area contributed by atoms with Crippen LogP contribution >= 0.6 is 0 Å². The number of hydrogen-bond donors (Lipinski definition) is 0. The van der Waals surface area contributed by atoms with Crippen LogP contribution in [-0.2, 0) is 4.74 Å². The Morgan fingerprint density at radius 2 is 1.57 bits per heavy atom. The lowest BCUT2D eigenvalue weighted by molar-refractivity contribution is 0.162. The molecule has 0 bridgehead atoms. The van der Waals surface area contributed by atoms with Crippen LogP contribution < -0.4 is 4.90 Å². The largest absolute Gasteiger partial charge is 0.449 e. The molecule has 0 fully saturated rings. The SMILES string of the molecule is CCOC(=O)N(c1ccccc1)c1cnccc1-c1ccc(-c2cc[c]cc2)cc1. The highest BCUT2D eigenvalue weighted by molar-refractivity contribution is 6.00. The van der Waals surface area contributed by atoms with E-state index in [1.165, 1.54) is 0 Å². The first-order valence-corrected chi connectivity index (χ1v) is 9.81. The van der Waals surface area contributed by atoms with E-state index in [1.807, 2.05) is 60.7 Å². The normalized spacial score (nSPS) is 10.4. The number of rotatable bonds is 5. The van der Waals surface area contributed by atoms with Crippen LogP contribution in [0.1, 0.15) is 6.92 Å². The number of benzene rings is 3. The number of ether oxygens (including phenoxy) is 1. The summed E-state index contributed by atoms with van der Waals surface area (Å²) in [5, 5.41) is 0. The van der Waals surface area contributed by atoms with Crippen LogP contribution in [0.5, 0.6) is 0 Å². The number of amides is 1. The smallest absolute Gasteiger partial charge is 0.419 e. The zero-order valence-corrected chi connectivity index (χ0v) is 16.7. The third-order valence-corrected chi connectivity index (χ3v) is 4.75. The minimum atomic E-state index is -0.435. The van der Waals surface area contributed by atoms with Crippen molar-refractivity contribution in [1.82, 2.24) is 4.98 Å². The molecule has 0 aliphatic carbocycles. The summed E-state index contributed by atoms with van der Waals surface area (Å²) >= 11 is 0. The molecule has 1 heterocycles. The predicted molar refractivity (Wildman–Crippen MR) is 120 cm³/mol. The van der Waals surface area contributed by atoms with Crippen molar-refractivity contribution in [2.24, 2.45) is 0 Å². The molecule has 1 radical (unpaired) electrons. The Hall–Kier alpha value is -3.92. The number of carbonyl (C=O) groups is 1. The highest BCUT2D eigenvalue weighted by atomic mass is 16.6. The molecule has 0 saturated heterocycles.